The van der Waals surface area contributed by atoms with Crippen LogP contribution < -0.4 is 5.32 Å². The fourth-order valence-electron chi connectivity index (χ4n) is 2.67. The third kappa shape index (κ3) is 2.98. The normalized spacial score (nSPS) is 24.0. The van der Waals surface area contributed by atoms with Gasteiger partial charge in [-0.25, -0.2) is 13.2 Å². The van der Waals surface area contributed by atoms with Crippen molar-refractivity contribution in [3.63, 3.8) is 0 Å². The van der Waals surface area contributed by atoms with E-state index in [9.17, 15) is 13.2 Å². The van der Waals surface area contributed by atoms with E-state index in [-0.39, 0.29) is 11.7 Å². The highest BCUT2D eigenvalue weighted by molar-refractivity contribution is 5.46. The maximum atomic E-state index is 13.5. The summed E-state index contributed by atoms with van der Waals surface area (Å²) in [5.41, 5.74) is -0.0609. The van der Waals surface area contributed by atoms with Crippen LogP contribution in [0.2, 0.25) is 0 Å². The molecule has 0 bridgehead atoms. The fourth-order valence-corrected chi connectivity index (χ4v) is 2.67. The molecule has 1 fully saturated rings. The van der Waals surface area contributed by atoms with Crippen molar-refractivity contribution in [2.75, 3.05) is 5.32 Å². The van der Waals surface area contributed by atoms with Crippen LogP contribution in [0.4, 0.5) is 18.9 Å². The number of hydrogen-bond donors (Lipinski definition) is 1. The lowest BCUT2D eigenvalue weighted by molar-refractivity contribution is 0.326. The smallest absolute Gasteiger partial charge is 0.182 e. The van der Waals surface area contributed by atoms with Crippen molar-refractivity contribution in [1.82, 2.24) is 0 Å². The molecule has 1 aromatic rings. The second-order valence-corrected chi connectivity index (χ2v) is 5.03. The van der Waals surface area contributed by atoms with E-state index in [0.717, 1.165) is 31.7 Å². The van der Waals surface area contributed by atoms with Crippen LogP contribution in [0.5, 0.6) is 0 Å². The van der Waals surface area contributed by atoms with Gasteiger partial charge in [0.2, 0.25) is 0 Å². The number of halogens is 3. The van der Waals surface area contributed by atoms with E-state index >= 15 is 0 Å². The molecular weight excluding hydrogens is 239 g/mol. The largest absolute Gasteiger partial charge is 0.380 e. The summed E-state index contributed by atoms with van der Waals surface area (Å²) < 4.78 is 39.7. The van der Waals surface area contributed by atoms with Crippen LogP contribution in [0.15, 0.2) is 12.1 Å². The van der Waals surface area contributed by atoms with Gasteiger partial charge in [0, 0.05) is 18.2 Å². The Morgan fingerprint density at radius 2 is 2.00 bits per heavy atom. The number of hydrogen-bond acceptors (Lipinski definition) is 1. The number of rotatable bonds is 3. The van der Waals surface area contributed by atoms with E-state index in [2.05, 4.69) is 12.2 Å². The van der Waals surface area contributed by atoms with Crippen molar-refractivity contribution < 1.29 is 13.2 Å². The van der Waals surface area contributed by atoms with Crippen LogP contribution in [0.1, 0.15) is 39.0 Å². The Hall–Kier alpha value is -1.19. The summed E-state index contributed by atoms with van der Waals surface area (Å²) in [6, 6.07) is 1.70. The maximum absolute atomic E-state index is 13.5. The second-order valence-electron chi connectivity index (χ2n) is 5.03. The van der Waals surface area contributed by atoms with E-state index in [1.165, 1.54) is 6.42 Å². The van der Waals surface area contributed by atoms with Gasteiger partial charge in [-0.2, -0.15) is 0 Å². The summed E-state index contributed by atoms with van der Waals surface area (Å²) in [7, 11) is 0. The van der Waals surface area contributed by atoms with Crippen molar-refractivity contribution in [2.24, 2.45) is 5.92 Å². The van der Waals surface area contributed by atoms with Gasteiger partial charge in [-0.1, -0.05) is 26.2 Å². The molecule has 4 heteroatoms. The molecule has 0 aliphatic heterocycles. The topological polar surface area (TPSA) is 12.0 Å². The van der Waals surface area contributed by atoms with Gasteiger partial charge in [-0.15, -0.1) is 0 Å². The molecule has 1 aliphatic carbocycles. The van der Waals surface area contributed by atoms with E-state index < -0.39 is 17.5 Å². The first-order valence-corrected chi connectivity index (χ1v) is 6.51. The van der Waals surface area contributed by atoms with Crippen LogP contribution in [0, 0.1) is 23.4 Å². The molecule has 0 aromatic heterocycles. The average Bonchev–Trinajstić information content (AvgIpc) is 2.35. The van der Waals surface area contributed by atoms with Gasteiger partial charge in [-0.3, -0.25) is 0 Å². The Bertz CT molecular complexity index is 420. The lowest BCUT2D eigenvalue weighted by Gasteiger charge is -2.30. The van der Waals surface area contributed by atoms with Crippen LogP contribution in [-0.4, -0.2) is 6.04 Å². The molecule has 1 N–H and O–H groups in total. The molecule has 0 amide bonds. The Morgan fingerprint density at radius 1 is 1.22 bits per heavy atom. The maximum Gasteiger partial charge on any atom is 0.182 e. The SMILES string of the molecule is CCC1CCCC(Nc2cc(F)cc(F)c2F)C1. The predicted molar refractivity (Wildman–Crippen MR) is 66.0 cm³/mol. The summed E-state index contributed by atoms with van der Waals surface area (Å²) >= 11 is 0. The minimum atomic E-state index is -1.14. The summed E-state index contributed by atoms with van der Waals surface area (Å²) in [4.78, 5) is 0. The van der Waals surface area contributed by atoms with Gasteiger partial charge >= 0.3 is 0 Å². The molecule has 0 spiro atoms. The molecule has 2 unspecified atom stereocenters. The van der Waals surface area contributed by atoms with E-state index in [0.29, 0.717) is 12.0 Å². The average molecular weight is 257 g/mol. The molecule has 100 valence electrons. The zero-order valence-electron chi connectivity index (χ0n) is 10.5. The minimum Gasteiger partial charge on any atom is -0.380 e. The molecule has 2 rings (SSSR count). The van der Waals surface area contributed by atoms with Crippen molar-refractivity contribution >= 4 is 5.69 Å². The van der Waals surface area contributed by atoms with Crippen LogP contribution in [0.25, 0.3) is 0 Å². The van der Waals surface area contributed by atoms with E-state index in [4.69, 9.17) is 0 Å². The Morgan fingerprint density at radius 3 is 2.72 bits per heavy atom. The molecule has 0 heterocycles. The highest BCUT2D eigenvalue weighted by Crippen LogP contribution is 2.30. The van der Waals surface area contributed by atoms with Gasteiger partial charge in [0.25, 0.3) is 0 Å². The lowest BCUT2D eigenvalue weighted by atomic mass is 9.84. The monoisotopic (exact) mass is 257 g/mol. The zero-order chi connectivity index (χ0) is 13.1. The number of nitrogens with one attached hydrogen (secondary N) is 1. The van der Waals surface area contributed by atoms with E-state index in [1.54, 1.807) is 0 Å². The molecule has 18 heavy (non-hydrogen) atoms. The first kappa shape index (κ1) is 13.2. The molecule has 0 saturated heterocycles. The molecule has 1 aliphatic rings. The first-order valence-electron chi connectivity index (χ1n) is 6.51. The summed E-state index contributed by atoms with van der Waals surface area (Å²) in [6.45, 7) is 2.13. The molecule has 1 saturated carbocycles. The molecular formula is C14H18F3N. The van der Waals surface area contributed by atoms with Gasteiger partial charge in [0.15, 0.2) is 11.6 Å². The fraction of sp³-hybridized carbons (Fsp3) is 0.571. The molecule has 1 nitrogen and oxygen atoms in total. The van der Waals surface area contributed by atoms with Crippen molar-refractivity contribution in [2.45, 2.75) is 45.1 Å². The highest BCUT2D eigenvalue weighted by atomic mass is 19.2. The first-order chi connectivity index (χ1) is 8.60. The lowest BCUT2D eigenvalue weighted by Crippen LogP contribution is -2.27. The van der Waals surface area contributed by atoms with Gasteiger partial charge < -0.3 is 5.32 Å². The van der Waals surface area contributed by atoms with Crippen LogP contribution in [0.3, 0.4) is 0 Å². The Balaban J connectivity index is 2.09. The van der Waals surface area contributed by atoms with Crippen molar-refractivity contribution in [1.29, 1.82) is 0 Å². The number of anilines is 1. The quantitative estimate of drug-likeness (QED) is 0.787. The van der Waals surface area contributed by atoms with Crippen LogP contribution in [-0.2, 0) is 0 Å². The van der Waals surface area contributed by atoms with Gasteiger partial charge in [0.05, 0.1) is 5.69 Å². The van der Waals surface area contributed by atoms with Crippen LogP contribution >= 0.6 is 0 Å². The Labute approximate surface area is 105 Å². The summed E-state index contributed by atoms with van der Waals surface area (Å²) in [6.07, 6.45) is 5.23. The molecule has 0 radical (unpaired) electrons. The van der Waals surface area contributed by atoms with Crippen molar-refractivity contribution in [3.05, 3.63) is 29.6 Å². The standard InChI is InChI=1S/C14H18F3N/c1-2-9-4-3-5-11(6-9)18-13-8-10(15)7-12(16)14(13)17/h7-9,11,18H,2-6H2,1H3. The third-order valence-corrected chi connectivity index (χ3v) is 3.71. The Kier molecular flexibility index (Phi) is 4.15. The molecule has 1 aromatic carbocycles. The zero-order valence-corrected chi connectivity index (χ0v) is 10.5. The minimum absolute atomic E-state index is 0.0609. The van der Waals surface area contributed by atoms with E-state index in [1.807, 2.05) is 0 Å². The summed E-state index contributed by atoms with van der Waals surface area (Å²) in [5.74, 6) is -2.26. The van der Waals surface area contributed by atoms with Gasteiger partial charge in [-0.05, 0) is 18.8 Å². The second kappa shape index (κ2) is 5.63. The molecule has 2 atom stereocenters. The number of benzene rings is 1. The van der Waals surface area contributed by atoms with Crippen molar-refractivity contribution in [3.8, 4) is 0 Å². The van der Waals surface area contributed by atoms with Gasteiger partial charge in [0.1, 0.15) is 5.82 Å². The summed E-state index contributed by atoms with van der Waals surface area (Å²) in [5, 5.41) is 2.94. The highest BCUT2D eigenvalue weighted by Gasteiger charge is 2.22. The predicted octanol–water partition coefficient (Wildman–Crippen LogP) is 4.48. The third-order valence-electron chi connectivity index (χ3n) is 3.71.